The number of aliphatic hydroxyl groups is 2. The van der Waals surface area contributed by atoms with E-state index >= 15 is 0 Å². The van der Waals surface area contributed by atoms with Crippen molar-refractivity contribution in [1.29, 1.82) is 0 Å². The maximum absolute atomic E-state index is 12.7. The third-order valence-corrected chi connectivity index (χ3v) is 4.76. The molecule has 0 radical (unpaired) electrons. The summed E-state index contributed by atoms with van der Waals surface area (Å²) in [6.07, 6.45) is 4.70. The average molecular weight is 364 g/mol. The maximum Gasteiger partial charge on any atom is 0.316 e. The highest BCUT2D eigenvalue weighted by Crippen LogP contribution is 2.26. The van der Waals surface area contributed by atoms with Gasteiger partial charge in [-0.25, -0.2) is 0 Å². The van der Waals surface area contributed by atoms with Gasteiger partial charge < -0.3 is 14.9 Å². The number of rotatable bonds is 2. The Morgan fingerprint density at radius 1 is 1.31 bits per heavy atom. The lowest BCUT2D eigenvalue weighted by molar-refractivity contribution is -0.161. The first kappa shape index (κ1) is 22.3. The van der Waals surface area contributed by atoms with Crippen molar-refractivity contribution in [3.8, 4) is 0 Å². The van der Waals surface area contributed by atoms with Crippen molar-refractivity contribution in [2.24, 2.45) is 11.8 Å². The van der Waals surface area contributed by atoms with Crippen molar-refractivity contribution in [3.63, 3.8) is 0 Å². The van der Waals surface area contributed by atoms with Gasteiger partial charge in [0.05, 0.1) is 6.61 Å². The summed E-state index contributed by atoms with van der Waals surface area (Å²) in [4.78, 5) is 25.1. The lowest BCUT2D eigenvalue weighted by Crippen LogP contribution is -2.48. The summed E-state index contributed by atoms with van der Waals surface area (Å²) < 4.78 is 5.50. The number of hydrogen-bond acceptors (Lipinski definition) is 5. The number of esters is 1. The zero-order chi connectivity index (χ0) is 20.1. The van der Waals surface area contributed by atoms with Crippen molar-refractivity contribution in [1.82, 2.24) is 0 Å². The van der Waals surface area contributed by atoms with Crippen LogP contribution in [0.2, 0.25) is 0 Å². The fourth-order valence-electron chi connectivity index (χ4n) is 3.42. The Kier molecular flexibility index (Phi) is 7.97. The number of carbonyl (C=O) groups excluding carboxylic acids is 2. The second-order valence-electron chi connectivity index (χ2n) is 7.53. The summed E-state index contributed by atoms with van der Waals surface area (Å²) >= 11 is 0. The lowest BCUT2D eigenvalue weighted by atomic mass is 9.84. The SMILES string of the molecule is C=C1/C=C(/C)C(CC)OC(=O)C(C)C(=O)C(O)(CO)C/C(C)=C\C(C)C1. The zero-order valence-electron chi connectivity index (χ0n) is 16.5. The molecular weight excluding hydrogens is 332 g/mol. The van der Waals surface area contributed by atoms with Crippen LogP contribution in [0, 0.1) is 11.8 Å². The fraction of sp³-hybridized carbons (Fsp3) is 0.619. The highest BCUT2D eigenvalue weighted by Gasteiger charge is 2.42. The Labute approximate surface area is 156 Å². The number of Topliss-reactive ketones (excluding diaryl/α,β-unsaturated/α-hetero) is 1. The number of allylic oxidation sites excluding steroid dienone is 3. The number of ether oxygens (including phenoxy) is 1. The predicted molar refractivity (Wildman–Crippen MR) is 101 cm³/mol. The Bertz CT molecular complexity index is 616. The Morgan fingerprint density at radius 3 is 2.46 bits per heavy atom. The predicted octanol–water partition coefficient (Wildman–Crippen LogP) is 3.12. The van der Waals surface area contributed by atoms with E-state index in [-0.39, 0.29) is 12.3 Å². The largest absolute Gasteiger partial charge is 0.457 e. The third-order valence-electron chi connectivity index (χ3n) is 4.76. The van der Waals surface area contributed by atoms with E-state index in [1.165, 1.54) is 6.92 Å². The Balaban J connectivity index is 3.32. The van der Waals surface area contributed by atoms with Gasteiger partial charge in [-0.3, -0.25) is 9.59 Å². The molecule has 0 saturated heterocycles. The van der Waals surface area contributed by atoms with Crippen LogP contribution in [-0.2, 0) is 14.3 Å². The first-order chi connectivity index (χ1) is 12.0. The molecular formula is C21H32O5. The molecule has 1 aliphatic rings. The minimum absolute atomic E-state index is 0.0250. The summed E-state index contributed by atoms with van der Waals surface area (Å²) in [6.45, 7) is 12.3. The van der Waals surface area contributed by atoms with E-state index in [4.69, 9.17) is 4.74 Å². The maximum atomic E-state index is 12.7. The fourth-order valence-corrected chi connectivity index (χ4v) is 3.42. The molecule has 2 N–H and O–H groups in total. The second kappa shape index (κ2) is 9.28. The molecule has 0 bridgehead atoms. The molecule has 4 atom stereocenters. The molecule has 1 rings (SSSR count). The molecule has 0 saturated carbocycles. The van der Waals surface area contributed by atoms with E-state index in [2.05, 4.69) is 6.58 Å². The van der Waals surface area contributed by atoms with E-state index in [9.17, 15) is 19.8 Å². The number of cyclic esters (lactones) is 1. The van der Waals surface area contributed by atoms with E-state index < -0.39 is 36.0 Å². The number of carbonyl (C=O) groups is 2. The molecule has 5 nitrogen and oxygen atoms in total. The Morgan fingerprint density at radius 2 is 1.92 bits per heavy atom. The van der Waals surface area contributed by atoms with E-state index in [1.54, 1.807) is 6.92 Å². The minimum Gasteiger partial charge on any atom is -0.457 e. The molecule has 4 unspecified atom stereocenters. The van der Waals surface area contributed by atoms with Crippen LogP contribution < -0.4 is 0 Å². The summed E-state index contributed by atoms with van der Waals surface area (Å²) in [6, 6.07) is 0. The van der Waals surface area contributed by atoms with Crippen molar-refractivity contribution >= 4 is 11.8 Å². The molecule has 0 aromatic rings. The van der Waals surface area contributed by atoms with Gasteiger partial charge in [-0.05, 0) is 45.1 Å². The summed E-state index contributed by atoms with van der Waals surface area (Å²) in [5.74, 6) is -2.42. The van der Waals surface area contributed by atoms with E-state index in [0.29, 0.717) is 12.8 Å². The second-order valence-corrected chi connectivity index (χ2v) is 7.53. The topological polar surface area (TPSA) is 83.8 Å². The van der Waals surface area contributed by atoms with Crippen LogP contribution in [0.1, 0.15) is 53.9 Å². The number of aliphatic hydroxyl groups excluding tert-OH is 1. The molecule has 5 heteroatoms. The third kappa shape index (κ3) is 5.64. The van der Waals surface area contributed by atoms with Crippen LogP contribution in [-0.4, -0.2) is 40.3 Å². The van der Waals surface area contributed by atoms with Crippen LogP contribution in [0.25, 0.3) is 0 Å². The first-order valence-corrected chi connectivity index (χ1v) is 9.15. The van der Waals surface area contributed by atoms with Crippen molar-refractivity contribution < 1.29 is 24.5 Å². The molecule has 26 heavy (non-hydrogen) atoms. The molecule has 146 valence electrons. The molecule has 0 spiro atoms. The van der Waals surface area contributed by atoms with Crippen molar-refractivity contribution in [2.75, 3.05) is 6.61 Å². The molecule has 0 fully saturated rings. The quantitative estimate of drug-likeness (QED) is 0.447. The summed E-state index contributed by atoms with van der Waals surface area (Å²) in [5.41, 5.74) is 0.576. The Hall–Kier alpha value is -1.72. The van der Waals surface area contributed by atoms with Gasteiger partial charge in [-0.1, -0.05) is 43.7 Å². The summed E-state index contributed by atoms with van der Waals surface area (Å²) in [5, 5.41) is 20.3. The molecule has 1 aliphatic heterocycles. The van der Waals surface area contributed by atoms with Crippen LogP contribution >= 0.6 is 0 Å². The van der Waals surface area contributed by atoms with E-state index in [1.807, 2.05) is 32.9 Å². The molecule has 1 heterocycles. The van der Waals surface area contributed by atoms with Gasteiger partial charge in [-0.15, -0.1) is 0 Å². The van der Waals surface area contributed by atoms with Gasteiger partial charge in [0, 0.05) is 6.42 Å². The zero-order valence-corrected chi connectivity index (χ0v) is 16.5. The van der Waals surface area contributed by atoms with Crippen LogP contribution in [0.3, 0.4) is 0 Å². The average Bonchev–Trinajstić information content (AvgIpc) is 2.56. The standard InChI is InChI=1S/C21H32O5/c1-7-18-16(5)10-14(3)8-13(2)9-15(4)11-21(25,12-22)19(23)17(6)20(24)26-18/h9-10,13,17-18,22,25H,3,7-8,11-12H2,1-2,4-6H3/b15-9-,16-10-. The van der Waals surface area contributed by atoms with E-state index in [0.717, 1.165) is 16.7 Å². The summed E-state index contributed by atoms with van der Waals surface area (Å²) in [7, 11) is 0. The number of ketones is 1. The molecule has 0 aromatic heterocycles. The number of hydrogen-bond donors (Lipinski definition) is 2. The lowest BCUT2D eigenvalue weighted by Gasteiger charge is -2.28. The van der Waals surface area contributed by atoms with Crippen molar-refractivity contribution in [2.45, 2.75) is 65.6 Å². The van der Waals surface area contributed by atoms with Gasteiger partial charge in [0.15, 0.2) is 11.4 Å². The highest BCUT2D eigenvalue weighted by atomic mass is 16.5. The van der Waals surface area contributed by atoms with Gasteiger partial charge in [-0.2, -0.15) is 0 Å². The highest BCUT2D eigenvalue weighted by molar-refractivity contribution is 6.03. The van der Waals surface area contributed by atoms with Gasteiger partial charge >= 0.3 is 5.97 Å². The van der Waals surface area contributed by atoms with Gasteiger partial charge in [0.2, 0.25) is 0 Å². The smallest absolute Gasteiger partial charge is 0.316 e. The minimum atomic E-state index is -1.99. The van der Waals surface area contributed by atoms with Crippen LogP contribution in [0.4, 0.5) is 0 Å². The van der Waals surface area contributed by atoms with Crippen molar-refractivity contribution in [3.05, 3.63) is 35.5 Å². The monoisotopic (exact) mass is 364 g/mol. The van der Waals surface area contributed by atoms with Gasteiger partial charge in [0.25, 0.3) is 0 Å². The molecule has 0 aliphatic carbocycles. The normalized spacial score (nSPS) is 36.4. The van der Waals surface area contributed by atoms with Crippen LogP contribution in [0.15, 0.2) is 35.5 Å². The molecule has 0 amide bonds. The first-order valence-electron chi connectivity index (χ1n) is 9.15. The van der Waals surface area contributed by atoms with Gasteiger partial charge in [0.1, 0.15) is 12.0 Å². The molecule has 0 aromatic carbocycles. The van der Waals surface area contributed by atoms with Crippen LogP contribution in [0.5, 0.6) is 0 Å².